The number of amides is 2. The smallest absolute Gasteiger partial charge is 0.278 e. The first-order valence-electron chi connectivity index (χ1n) is 15.9. The van der Waals surface area contributed by atoms with Crippen molar-refractivity contribution < 1.29 is 23.2 Å². The zero-order valence-corrected chi connectivity index (χ0v) is 25.6. The van der Waals surface area contributed by atoms with Crippen molar-refractivity contribution >= 4 is 45.8 Å². The molecule has 2 amide bonds. The van der Waals surface area contributed by atoms with E-state index in [1.165, 1.54) is 27.7 Å². The molecule has 1 aromatic carbocycles. The van der Waals surface area contributed by atoms with Gasteiger partial charge in [0.1, 0.15) is 28.9 Å². The molecule has 0 aliphatic carbocycles. The molecule has 0 unspecified atom stereocenters. The molecule has 0 bridgehead atoms. The summed E-state index contributed by atoms with van der Waals surface area (Å²) in [4.78, 5) is 54.1. The number of likely N-dealkylation sites (N-methyl/N-ethyl adjacent to an activating group) is 1. The second-order valence-corrected chi connectivity index (χ2v) is 11.8. The van der Waals surface area contributed by atoms with Crippen LogP contribution in [0.4, 0.5) is 15.8 Å². The number of halogens is 2. The summed E-state index contributed by atoms with van der Waals surface area (Å²) in [7, 11) is 0. The number of carbonyl (C=O) groups excluding carboxylic acids is 2. The molecular weight excluding hydrogens is 599 g/mol. The first-order chi connectivity index (χ1) is 22.6. The fraction of sp³-hybridized carbons (Fsp3) is 0.303. The summed E-state index contributed by atoms with van der Waals surface area (Å²) in [6.45, 7) is 6.13. The summed E-state index contributed by atoms with van der Waals surface area (Å²) in [6.07, 6.45) is 2.77. The molecule has 0 radical (unpaired) electrons. The molecule has 2 aliphatic heterocycles. The predicted octanol–water partition coefficient (Wildman–Crippen LogP) is 4.62. The lowest BCUT2D eigenvalue weighted by Gasteiger charge is -2.47. The number of benzene rings is 1. The molecule has 0 saturated carbocycles. The van der Waals surface area contributed by atoms with E-state index in [1.54, 1.807) is 17.2 Å². The van der Waals surface area contributed by atoms with Crippen molar-refractivity contribution in [3.8, 4) is 17.0 Å². The van der Waals surface area contributed by atoms with Gasteiger partial charge in [0.15, 0.2) is 0 Å². The summed E-state index contributed by atoms with van der Waals surface area (Å²) in [6, 6.07) is 5.81. The largest absolute Gasteiger partial charge is 0.507 e. The molecular formula is C33H32ClFN6O4. The summed E-state index contributed by atoms with van der Waals surface area (Å²) < 4.78 is 41.6. The minimum Gasteiger partial charge on any atom is -0.507 e. The van der Waals surface area contributed by atoms with Crippen molar-refractivity contribution in [2.75, 3.05) is 36.4 Å². The van der Waals surface area contributed by atoms with Crippen LogP contribution in [-0.2, 0) is 16.1 Å². The van der Waals surface area contributed by atoms with Crippen LogP contribution in [0.1, 0.15) is 40.7 Å². The van der Waals surface area contributed by atoms with Gasteiger partial charge in [0.25, 0.3) is 11.5 Å². The number of anilines is 2. The third-order valence-corrected chi connectivity index (χ3v) is 8.72. The summed E-state index contributed by atoms with van der Waals surface area (Å²) >= 11 is 6.77. The lowest BCUT2D eigenvalue weighted by Crippen LogP contribution is -2.63. The Morgan fingerprint density at radius 1 is 1.27 bits per heavy atom. The first kappa shape index (κ1) is 26.6. The number of fused-ring (bicyclic) bond motifs is 5. The quantitative estimate of drug-likeness (QED) is 0.319. The summed E-state index contributed by atoms with van der Waals surface area (Å²) in [5, 5.41) is 10.8. The number of pyridine rings is 3. The molecule has 6 rings (SSSR count). The van der Waals surface area contributed by atoms with Crippen LogP contribution in [0.15, 0.2) is 54.0 Å². The van der Waals surface area contributed by atoms with Gasteiger partial charge < -0.3 is 19.8 Å². The number of carbonyl (C=O) groups is 2. The second-order valence-electron chi connectivity index (χ2n) is 11.4. The van der Waals surface area contributed by atoms with E-state index in [2.05, 4.69) is 11.6 Å². The third kappa shape index (κ3) is 4.82. The molecule has 0 spiro atoms. The number of aryl methyl sites for hydroxylation is 1. The molecule has 232 valence electrons. The van der Waals surface area contributed by atoms with Gasteiger partial charge in [-0.2, -0.15) is 0 Å². The molecule has 3 aromatic heterocycles. The third-order valence-electron chi connectivity index (χ3n) is 8.44. The highest BCUT2D eigenvalue weighted by molar-refractivity contribution is 6.34. The van der Waals surface area contributed by atoms with E-state index in [0.717, 1.165) is 17.7 Å². The zero-order chi connectivity index (χ0) is 34.8. The molecule has 4 aromatic rings. The minimum atomic E-state index is -3.09. The van der Waals surface area contributed by atoms with Crippen molar-refractivity contribution in [3.63, 3.8) is 0 Å². The summed E-state index contributed by atoms with van der Waals surface area (Å²) in [5.74, 6) is -2.59. The Kier molecular flexibility index (Phi) is 6.68. The van der Waals surface area contributed by atoms with Crippen molar-refractivity contribution in [2.24, 2.45) is 0 Å². The molecule has 1 atom stereocenters. The first-order valence-corrected chi connectivity index (χ1v) is 14.7. The van der Waals surface area contributed by atoms with Crippen LogP contribution in [0.2, 0.25) is 5.02 Å². The van der Waals surface area contributed by atoms with Gasteiger partial charge in [-0.15, -0.1) is 0 Å². The number of hydrogen-bond donors (Lipinski definition) is 1. The van der Waals surface area contributed by atoms with E-state index in [-0.39, 0.29) is 70.8 Å². The Balaban J connectivity index is 1.73. The van der Waals surface area contributed by atoms with Gasteiger partial charge in [0.05, 0.1) is 35.1 Å². The van der Waals surface area contributed by atoms with Gasteiger partial charge in [-0.05, 0) is 54.3 Å². The van der Waals surface area contributed by atoms with Gasteiger partial charge in [-0.3, -0.25) is 23.9 Å². The number of rotatable bonds is 5. The van der Waals surface area contributed by atoms with Gasteiger partial charge in [0, 0.05) is 41.5 Å². The number of nitrogens with zero attached hydrogens (tertiary/aromatic N) is 6. The van der Waals surface area contributed by atoms with Crippen molar-refractivity contribution in [2.45, 2.75) is 39.3 Å². The Hall–Kier alpha value is -4.77. The molecule has 1 fully saturated rings. The van der Waals surface area contributed by atoms with Crippen molar-refractivity contribution in [1.29, 1.82) is 0 Å². The van der Waals surface area contributed by atoms with Crippen LogP contribution in [0, 0.1) is 12.7 Å². The molecule has 1 saturated heterocycles. The van der Waals surface area contributed by atoms with E-state index in [9.17, 15) is 19.5 Å². The van der Waals surface area contributed by atoms with Gasteiger partial charge in [-0.25, -0.2) is 9.37 Å². The van der Waals surface area contributed by atoms with Crippen molar-refractivity contribution in [3.05, 3.63) is 87.2 Å². The lowest BCUT2D eigenvalue weighted by molar-refractivity contribution is -0.128. The van der Waals surface area contributed by atoms with Crippen molar-refractivity contribution in [1.82, 2.24) is 19.4 Å². The minimum absolute atomic E-state index is 0.0157. The standard InChI is InChI=1S/C33H32ClFN6O4/c1-6-25(43)39-12-13-40-23(16-39)32(44)38(5)30-29(40)19-14-21(34)28(26-22(35)8-7-9-24(26)42)37-31(19)41(33(30)45)15-20-18(4)10-11-36-27(20)17(2)3/h6-11,14,17,23,42H,1,12-13,15-16H2,2-5H3/t23-/m1/s1/i5D3. The van der Waals surface area contributed by atoms with Crippen LogP contribution in [0.5, 0.6) is 5.75 Å². The number of hydrogen-bond acceptors (Lipinski definition) is 7. The number of aromatic hydroxyl groups is 1. The SMILES string of the molecule is [2H]C([2H])([2H])N1C(=O)[C@H]2CN(C(=O)C=C)CCN2c2c1c(=O)n(Cc1c(C)ccnc1C(C)C)c1nc(-c3c(O)cccc3F)c(Cl)cc21. The van der Waals surface area contributed by atoms with E-state index < -0.39 is 42.0 Å². The van der Waals surface area contributed by atoms with E-state index in [0.29, 0.717) is 16.2 Å². The monoisotopic (exact) mass is 633 g/mol. The lowest BCUT2D eigenvalue weighted by atomic mass is 9.98. The maximum atomic E-state index is 15.2. The highest BCUT2D eigenvalue weighted by Crippen LogP contribution is 2.43. The van der Waals surface area contributed by atoms with E-state index in [1.807, 2.05) is 20.8 Å². The Bertz CT molecular complexity index is 2070. The van der Waals surface area contributed by atoms with Gasteiger partial charge >= 0.3 is 0 Å². The highest BCUT2D eigenvalue weighted by atomic mass is 35.5. The molecule has 1 N–H and O–H groups in total. The molecule has 12 heteroatoms. The maximum absolute atomic E-state index is 15.2. The molecule has 5 heterocycles. The van der Waals surface area contributed by atoms with Crippen LogP contribution >= 0.6 is 11.6 Å². The number of phenolic OH excluding ortho intramolecular Hbond substituents is 1. The molecule has 45 heavy (non-hydrogen) atoms. The molecule has 10 nitrogen and oxygen atoms in total. The number of phenols is 1. The zero-order valence-electron chi connectivity index (χ0n) is 27.8. The van der Waals surface area contributed by atoms with E-state index in [4.69, 9.17) is 20.7 Å². The van der Waals surface area contributed by atoms with E-state index >= 15 is 4.39 Å². The normalized spacial score (nSPS) is 17.6. The maximum Gasteiger partial charge on any atom is 0.278 e. The van der Waals surface area contributed by atoms with Crippen LogP contribution in [0.3, 0.4) is 0 Å². The molecule has 2 aliphatic rings. The fourth-order valence-corrected chi connectivity index (χ4v) is 6.44. The second kappa shape index (κ2) is 11.3. The van der Waals surface area contributed by atoms with Crippen LogP contribution < -0.4 is 15.4 Å². The number of aromatic nitrogens is 3. The average Bonchev–Trinajstić information content (AvgIpc) is 3.02. The Morgan fingerprint density at radius 2 is 2.04 bits per heavy atom. The van der Waals surface area contributed by atoms with Gasteiger partial charge in [-0.1, -0.05) is 38.1 Å². The number of piperazine rings is 1. The van der Waals surface area contributed by atoms with Gasteiger partial charge in [0.2, 0.25) is 5.91 Å². The van der Waals surface area contributed by atoms with Crippen LogP contribution in [-0.4, -0.2) is 69.0 Å². The average molecular weight is 634 g/mol. The Labute approximate surface area is 268 Å². The highest BCUT2D eigenvalue weighted by Gasteiger charge is 2.44. The fourth-order valence-electron chi connectivity index (χ4n) is 6.20. The Morgan fingerprint density at radius 3 is 2.73 bits per heavy atom. The summed E-state index contributed by atoms with van der Waals surface area (Å²) in [5.41, 5.74) is 0.651. The van der Waals surface area contributed by atoms with Crippen LogP contribution in [0.25, 0.3) is 22.3 Å². The predicted molar refractivity (Wildman–Crippen MR) is 172 cm³/mol. The topological polar surface area (TPSA) is 112 Å².